The Balaban J connectivity index is 1.96. The van der Waals surface area contributed by atoms with Gasteiger partial charge in [-0.05, 0) is 44.9 Å². The molecule has 2 rings (SSSR count). The first-order valence-electron chi connectivity index (χ1n) is 5.69. The highest BCUT2D eigenvalue weighted by atomic mass is 32.1. The molecule has 0 aromatic carbocycles. The van der Waals surface area contributed by atoms with E-state index in [0.717, 1.165) is 13.1 Å². The van der Waals surface area contributed by atoms with Gasteiger partial charge >= 0.3 is 0 Å². The topological polar surface area (TPSA) is 29.3 Å². The molecule has 0 saturated carbocycles. The minimum Gasteiger partial charge on any atom is -0.327 e. The van der Waals surface area contributed by atoms with Gasteiger partial charge < -0.3 is 5.73 Å². The van der Waals surface area contributed by atoms with Crippen molar-refractivity contribution in [2.75, 3.05) is 13.1 Å². The molecule has 1 fully saturated rings. The van der Waals surface area contributed by atoms with Crippen LogP contribution < -0.4 is 5.73 Å². The minimum atomic E-state index is 0.390. The van der Waals surface area contributed by atoms with E-state index in [1.54, 1.807) is 0 Å². The molecule has 1 aliphatic heterocycles. The molecule has 2 N–H and O–H groups in total. The molecule has 1 saturated heterocycles. The van der Waals surface area contributed by atoms with Gasteiger partial charge in [-0.15, -0.1) is 11.3 Å². The average Bonchev–Trinajstić information content (AvgIpc) is 2.45. The summed E-state index contributed by atoms with van der Waals surface area (Å²) in [5.74, 6) is 0. The van der Waals surface area contributed by atoms with Crippen molar-refractivity contribution >= 4 is 11.3 Å². The molecule has 1 aromatic rings. The lowest BCUT2D eigenvalue weighted by molar-refractivity contribution is 0.203. The van der Waals surface area contributed by atoms with Gasteiger partial charge in [0.05, 0.1) is 0 Å². The molecule has 15 heavy (non-hydrogen) atoms. The van der Waals surface area contributed by atoms with Gasteiger partial charge in [-0.2, -0.15) is 0 Å². The van der Waals surface area contributed by atoms with Gasteiger partial charge in [-0.25, -0.2) is 0 Å². The van der Waals surface area contributed by atoms with Crippen molar-refractivity contribution < 1.29 is 0 Å². The molecular weight excluding hydrogens is 204 g/mol. The average molecular weight is 224 g/mol. The maximum Gasteiger partial charge on any atom is 0.0328 e. The molecule has 1 aromatic heterocycles. The summed E-state index contributed by atoms with van der Waals surface area (Å²) in [4.78, 5) is 5.42. The fourth-order valence-electron chi connectivity index (χ4n) is 2.18. The lowest BCUT2D eigenvalue weighted by Crippen LogP contribution is -2.42. The molecule has 2 heterocycles. The van der Waals surface area contributed by atoms with Crippen LogP contribution in [-0.4, -0.2) is 24.0 Å². The molecule has 1 atom stereocenters. The zero-order valence-corrected chi connectivity index (χ0v) is 10.4. The summed E-state index contributed by atoms with van der Waals surface area (Å²) >= 11 is 1.93. The Kier molecular flexibility index (Phi) is 3.44. The van der Waals surface area contributed by atoms with Crippen molar-refractivity contribution in [1.29, 1.82) is 0 Å². The normalized spacial score (nSPS) is 23.3. The van der Waals surface area contributed by atoms with Crippen molar-refractivity contribution in [3.8, 4) is 0 Å². The molecule has 0 radical (unpaired) electrons. The maximum atomic E-state index is 5.98. The molecule has 0 aliphatic carbocycles. The Hall–Kier alpha value is -0.380. The van der Waals surface area contributed by atoms with Crippen LogP contribution in [0.2, 0.25) is 0 Å². The van der Waals surface area contributed by atoms with E-state index in [0.29, 0.717) is 6.04 Å². The number of nitrogens with zero attached hydrogens (tertiary/aromatic N) is 1. The van der Waals surface area contributed by atoms with Gasteiger partial charge in [0.1, 0.15) is 0 Å². The van der Waals surface area contributed by atoms with E-state index in [9.17, 15) is 0 Å². The maximum absolute atomic E-state index is 5.98. The van der Waals surface area contributed by atoms with E-state index in [1.807, 2.05) is 11.3 Å². The monoisotopic (exact) mass is 224 g/mol. The van der Waals surface area contributed by atoms with Crippen LogP contribution in [-0.2, 0) is 6.54 Å². The summed E-state index contributed by atoms with van der Waals surface area (Å²) in [5.41, 5.74) is 7.40. The van der Waals surface area contributed by atoms with Crippen LogP contribution in [0.15, 0.2) is 6.07 Å². The second-order valence-electron chi connectivity index (χ2n) is 4.59. The number of aryl methyl sites for hydroxylation is 2. The number of hydrogen-bond acceptors (Lipinski definition) is 3. The molecule has 0 bridgehead atoms. The first-order valence-corrected chi connectivity index (χ1v) is 6.50. The minimum absolute atomic E-state index is 0.390. The number of likely N-dealkylation sites (tertiary alicyclic amines) is 1. The second kappa shape index (κ2) is 4.64. The Morgan fingerprint density at radius 1 is 1.53 bits per heavy atom. The van der Waals surface area contributed by atoms with Gasteiger partial charge in [0.15, 0.2) is 0 Å². The second-order valence-corrected chi connectivity index (χ2v) is 5.93. The van der Waals surface area contributed by atoms with Crippen LogP contribution in [0.5, 0.6) is 0 Å². The lowest BCUT2D eigenvalue weighted by Gasteiger charge is -2.30. The van der Waals surface area contributed by atoms with Crippen LogP contribution in [0.4, 0.5) is 0 Å². The fourth-order valence-corrected chi connectivity index (χ4v) is 3.28. The highest BCUT2D eigenvalue weighted by molar-refractivity contribution is 7.12. The van der Waals surface area contributed by atoms with Crippen molar-refractivity contribution in [1.82, 2.24) is 4.90 Å². The largest absolute Gasteiger partial charge is 0.327 e. The van der Waals surface area contributed by atoms with E-state index in [1.165, 1.54) is 34.7 Å². The zero-order valence-electron chi connectivity index (χ0n) is 9.62. The Morgan fingerprint density at radius 3 is 2.93 bits per heavy atom. The third-order valence-electron chi connectivity index (χ3n) is 3.14. The third kappa shape index (κ3) is 2.80. The third-order valence-corrected chi connectivity index (χ3v) is 4.28. The predicted octanol–water partition coefficient (Wildman–Crippen LogP) is 2.29. The first kappa shape index (κ1) is 11.1. The van der Waals surface area contributed by atoms with Crippen molar-refractivity contribution in [3.63, 3.8) is 0 Å². The summed E-state index contributed by atoms with van der Waals surface area (Å²) in [5, 5.41) is 0. The van der Waals surface area contributed by atoms with Gasteiger partial charge in [-0.1, -0.05) is 0 Å². The van der Waals surface area contributed by atoms with Crippen molar-refractivity contribution in [2.45, 2.75) is 39.3 Å². The van der Waals surface area contributed by atoms with Gasteiger partial charge in [0, 0.05) is 28.9 Å². The van der Waals surface area contributed by atoms with E-state index in [4.69, 9.17) is 5.73 Å². The summed E-state index contributed by atoms with van der Waals surface area (Å²) < 4.78 is 0. The van der Waals surface area contributed by atoms with E-state index >= 15 is 0 Å². The van der Waals surface area contributed by atoms with Gasteiger partial charge in [-0.3, -0.25) is 4.90 Å². The molecule has 0 spiro atoms. The highest BCUT2D eigenvalue weighted by Crippen LogP contribution is 2.23. The molecule has 0 amide bonds. The SMILES string of the molecule is Cc1cc(CN2CCCC(N)C2)sc1C. The Morgan fingerprint density at radius 2 is 2.33 bits per heavy atom. The van der Waals surface area contributed by atoms with Crippen LogP contribution >= 0.6 is 11.3 Å². The molecule has 1 unspecified atom stereocenters. The molecule has 2 nitrogen and oxygen atoms in total. The summed E-state index contributed by atoms with van der Waals surface area (Å²) in [6.45, 7) is 7.76. The lowest BCUT2D eigenvalue weighted by atomic mass is 10.1. The van der Waals surface area contributed by atoms with Crippen LogP contribution in [0.3, 0.4) is 0 Å². The smallest absolute Gasteiger partial charge is 0.0328 e. The van der Waals surface area contributed by atoms with E-state index in [2.05, 4.69) is 24.8 Å². The van der Waals surface area contributed by atoms with E-state index in [-0.39, 0.29) is 0 Å². The Bertz CT molecular complexity index is 313. The predicted molar refractivity (Wildman–Crippen MR) is 66.3 cm³/mol. The molecule has 3 heteroatoms. The summed E-state index contributed by atoms with van der Waals surface area (Å²) in [6, 6.07) is 2.71. The van der Waals surface area contributed by atoms with E-state index < -0.39 is 0 Å². The fraction of sp³-hybridized carbons (Fsp3) is 0.667. The van der Waals surface area contributed by atoms with Gasteiger partial charge in [0.25, 0.3) is 0 Å². The number of thiophene rings is 1. The summed E-state index contributed by atoms with van der Waals surface area (Å²) in [7, 11) is 0. The number of nitrogens with two attached hydrogens (primary N) is 1. The molecule has 84 valence electrons. The number of piperidine rings is 1. The molecular formula is C12H20N2S. The van der Waals surface area contributed by atoms with Crippen molar-refractivity contribution in [2.24, 2.45) is 5.73 Å². The van der Waals surface area contributed by atoms with Crippen LogP contribution in [0, 0.1) is 13.8 Å². The number of hydrogen-bond donors (Lipinski definition) is 1. The van der Waals surface area contributed by atoms with Gasteiger partial charge in [0.2, 0.25) is 0 Å². The number of rotatable bonds is 2. The molecule has 1 aliphatic rings. The van der Waals surface area contributed by atoms with Crippen LogP contribution in [0.1, 0.15) is 28.2 Å². The van der Waals surface area contributed by atoms with Crippen LogP contribution in [0.25, 0.3) is 0 Å². The first-order chi connectivity index (χ1) is 7.15. The standard InChI is InChI=1S/C12H20N2S/c1-9-6-12(15-10(9)2)8-14-5-3-4-11(13)7-14/h6,11H,3-5,7-8,13H2,1-2H3. The Labute approximate surface area is 96.1 Å². The highest BCUT2D eigenvalue weighted by Gasteiger charge is 2.17. The quantitative estimate of drug-likeness (QED) is 0.835. The summed E-state index contributed by atoms with van der Waals surface area (Å²) in [6.07, 6.45) is 2.45. The van der Waals surface area contributed by atoms with Crippen molar-refractivity contribution in [3.05, 3.63) is 21.4 Å². The zero-order chi connectivity index (χ0) is 10.8.